The van der Waals surface area contributed by atoms with E-state index in [1.165, 1.54) is 36.4 Å². The molecule has 2 rings (SSSR count). The third-order valence-electron chi connectivity index (χ3n) is 4.21. The maximum absolute atomic E-state index is 14.4. The monoisotopic (exact) mass is 363 g/mol. The largest absolute Gasteiger partial charge is 0.501 e. The highest BCUT2D eigenvalue weighted by atomic mass is 19.1. The number of carbonyl (C=O) groups is 3. The molecule has 0 spiro atoms. The van der Waals surface area contributed by atoms with Crippen molar-refractivity contribution in [1.29, 1.82) is 0 Å². The Morgan fingerprint density at radius 2 is 2.08 bits per heavy atom. The highest BCUT2D eigenvalue weighted by Gasteiger charge is 2.32. The highest BCUT2D eigenvalue weighted by molar-refractivity contribution is 6.02. The molecular formula is C18H22FN3O4. The number of hydrogen-bond acceptors (Lipinski definition) is 5. The molecule has 1 aromatic carbocycles. The second-order valence-electron chi connectivity index (χ2n) is 5.88. The SMILES string of the molecule is CCO/C=C/c1c(F)ccc(N(C)C2CCC(=O)NC2=O)c1N(C)C=O. The number of amides is 3. The van der Waals surface area contributed by atoms with E-state index in [9.17, 15) is 18.8 Å². The Morgan fingerprint density at radius 1 is 1.35 bits per heavy atom. The molecule has 7 nitrogen and oxygen atoms in total. The molecule has 0 saturated carbocycles. The molecule has 0 radical (unpaired) electrons. The lowest BCUT2D eigenvalue weighted by atomic mass is 10.0. The van der Waals surface area contributed by atoms with Crippen LogP contribution < -0.4 is 15.1 Å². The van der Waals surface area contributed by atoms with Gasteiger partial charge in [-0.2, -0.15) is 0 Å². The molecule has 1 saturated heterocycles. The fraction of sp³-hybridized carbons (Fsp3) is 0.389. The molecule has 0 aromatic heterocycles. The third kappa shape index (κ3) is 4.01. The Morgan fingerprint density at radius 3 is 2.69 bits per heavy atom. The zero-order valence-electron chi connectivity index (χ0n) is 15.0. The van der Waals surface area contributed by atoms with E-state index in [-0.39, 0.29) is 17.9 Å². The normalized spacial score (nSPS) is 17.2. The minimum absolute atomic E-state index is 0.171. The standard InChI is InChI=1S/C18H22FN3O4/c1-4-26-10-9-12-13(19)5-6-14(17(12)21(2)11-23)22(3)15-7-8-16(24)20-18(15)25/h5-6,9-11,15H,4,7-8H2,1-3H3,(H,20,24,25)/b10-9+. The highest BCUT2D eigenvalue weighted by Crippen LogP contribution is 2.36. The maximum atomic E-state index is 14.4. The van der Waals surface area contributed by atoms with Crippen LogP contribution in [0.3, 0.4) is 0 Å². The van der Waals surface area contributed by atoms with E-state index < -0.39 is 17.8 Å². The topological polar surface area (TPSA) is 79.0 Å². The number of benzene rings is 1. The lowest BCUT2D eigenvalue weighted by Gasteiger charge is -2.34. The number of rotatable bonds is 7. The van der Waals surface area contributed by atoms with Crippen LogP contribution >= 0.6 is 0 Å². The van der Waals surface area contributed by atoms with E-state index in [2.05, 4.69) is 5.32 Å². The molecule has 1 aromatic rings. The summed E-state index contributed by atoms with van der Waals surface area (Å²) in [5, 5.41) is 2.30. The van der Waals surface area contributed by atoms with Crippen molar-refractivity contribution in [2.75, 3.05) is 30.5 Å². The van der Waals surface area contributed by atoms with Gasteiger partial charge in [0.1, 0.15) is 11.9 Å². The molecule has 1 unspecified atom stereocenters. The first kappa shape index (κ1) is 19.4. The van der Waals surface area contributed by atoms with Crippen LogP contribution in [-0.2, 0) is 19.1 Å². The minimum atomic E-state index is -0.597. The van der Waals surface area contributed by atoms with Gasteiger partial charge < -0.3 is 14.5 Å². The Labute approximate surface area is 151 Å². The predicted molar refractivity (Wildman–Crippen MR) is 96.1 cm³/mol. The van der Waals surface area contributed by atoms with Gasteiger partial charge in [0.25, 0.3) is 0 Å². The first-order chi connectivity index (χ1) is 12.4. The van der Waals surface area contributed by atoms with Crippen molar-refractivity contribution in [3.8, 4) is 0 Å². The number of likely N-dealkylation sites (N-methyl/N-ethyl adjacent to an activating group) is 1. The van der Waals surface area contributed by atoms with Gasteiger partial charge in [-0.15, -0.1) is 0 Å². The molecule has 1 N–H and O–H groups in total. The average molecular weight is 363 g/mol. The Balaban J connectivity index is 2.49. The van der Waals surface area contributed by atoms with Crippen LogP contribution in [0.1, 0.15) is 25.3 Å². The molecule has 3 amide bonds. The summed E-state index contributed by atoms with van der Waals surface area (Å²) in [6, 6.07) is 2.18. The summed E-state index contributed by atoms with van der Waals surface area (Å²) in [7, 11) is 3.17. The average Bonchev–Trinajstić information content (AvgIpc) is 2.61. The first-order valence-corrected chi connectivity index (χ1v) is 8.26. The fourth-order valence-electron chi connectivity index (χ4n) is 2.87. The van der Waals surface area contributed by atoms with E-state index in [1.807, 2.05) is 0 Å². The van der Waals surface area contributed by atoms with Gasteiger partial charge in [0.2, 0.25) is 18.2 Å². The molecule has 26 heavy (non-hydrogen) atoms. The summed E-state index contributed by atoms with van der Waals surface area (Å²) in [5.74, 6) is -1.26. The molecule has 1 aliphatic rings. The molecule has 0 aliphatic carbocycles. The van der Waals surface area contributed by atoms with E-state index >= 15 is 0 Å². The van der Waals surface area contributed by atoms with Crippen molar-refractivity contribution in [1.82, 2.24) is 5.32 Å². The Bertz CT molecular complexity index is 735. The van der Waals surface area contributed by atoms with Gasteiger partial charge in [-0.05, 0) is 31.6 Å². The van der Waals surface area contributed by atoms with E-state index in [0.717, 1.165) is 0 Å². The molecular weight excluding hydrogens is 341 g/mol. The van der Waals surface area contributed by atoms with Gasteiger partial charge in [-0.25, -0.2) is 4.39 Å². The molecule has 1 aliphatic heterocycles. The van der Waals surface area contributed by atoms with E-state index in [4.69, 9.17) is 4.74 Å². The second-order valence-corrected chi connectivity index (χ2v) is 5.88. The van der Waals surface area contributed by atoms with Crippen LogP contribution in [0.5, 0.6) is 0 Å². The number of halogens is 1. The van der Waals surface area contributed by atoms with Crippen molar-refractivity contribution >= 4 is 35.7 Å². The number of carbonyl (C=O) groups excluding carboxylic acids is 3. The summed E-state index contributed by atoms with van der Waals surface area (Å²) in [6.45, 7) is 2.22. The van der Waals surface area contributed by atoms with Crippen LogP contribution in [0.15, 0.2) is 18.4 Å². The van der Waals surface area contributed by atoms with Gasteiger partial charge in [0, 0.05) is 26.1 Å². The number of anilines is 2. The van der Waals surface area contributed by atoms with Crippen LogP contribution in [-0.4, -0.2) is 45.0 Å². The zero-order valence-corrected chi connectivity index (χ0v) is 15.0. The van der Waals surface area contributed by atoms with E-state index in [0.29, 0.717) is 30.8 Å². The Hall–Kier alpha value is -2.90. The quantitative estimate of drug-likeness (QED) is 0.453. The zero-order chi connectivity index (χ0) is 19.3. The molecule has 1 heterocycles. The van der Waals surface area contributed by atoms with Crippen molar-refractivity contribution in [2.45, 2.75) is 25.8 Å². The molecule has 8 heteroatoms. The lowest BCUT2D eigenvalue weighted by molar-refractivity contribution is -0.134. The third-order valence-corrected chi connectivity index (χ3v) is 4.21. The van der Waals surface area contributed by atoms with Crippen molar-refractivity contribution < 1.29 is 23.5 Å². The smallest absolute Gasteiger partial charge is 0.249 e. The van der Waals surface area contributed by atoms with Gasteiger partial charge in [0.15, 0.2) is 0 Å². The fourth-order valence-corrected chi connectivity index (χ4v) is 2.87. The molecule has 140 valence electrons. The van der Waals surface area contributed by atoms with Gasteiger partial charge in [-0.3, -0.25) is 19.7 Å². The summed E-state index contributed by atoms with van der Waals surface area (Å²) in [6.07, 6.45) is 3.92. The van der Waals surface area contributed by atoms with Crippen LogP contribution in [0.4, 0.5) is 15.8 Å². The summed E-state index contributed by atoms with van der Waals surface area (Å²) < 4.78 is 19.5. The number of ether oxygens (including phenoxy) is 1. The van der Waals surface area contributed by atoms with Crippen LogP contribution in [0.2, 0.25) is 0 Å². The number of nitrogens with one attached hydrogen (secondary N) is 1. The lowest BCUT2D eigenvalue weighted by Crippen LogP contribution is -2.51. The summed E-state index contributed by atoms with van der Waals surface area (Å²) in [5.41, 5.74) is 0.972. The van der Waals surface area contributed by atoms with Gasteiger partial charge in [-0.1, -0.05) is 0 Å². The summed E-state index contributed by atoms with van der Waals surface area (Å²) in [4.78, 5) is 37.8. The minimum Gasteiger partial charge on any atom is -0.501 e. The predicted octanol–water partition coefficient (Wildman–Crippen LogP) is 1.67. The van der Waals surface area contributed by atoms with Crippen LogP contribution in [0, 0.1) is 5.82 Å². The first-order valence-electron chi connectivity index (χ1n) is 8.26. The van der Waals surface area contributed by atoms with Crippen LogP contribution in [0.25, 0.3) is 6.08 Å². The van der Waals surface area contributed by atoms with Gasteiger partial charge >= 0.3 is 0 Å². The number of hydrogen-bond donors (Lipinski definition) is 1. The van der Waals surface area contributed by atoms with Gasteiger partial charge in [0.05, 0.1) is 24.2 Å². The molecule has 1 fully saturated rings. The number of nitrogens with zero attached hydrogens (tertiary/aromatic N) is 2. The van der Waals surface area contributed by atoms with Crippen molar-refractivity contribution in [3.05, 3.63) is 29.8 Å². The molecule has 1 atom stereocenters. The second kappa shape index (κ2) is 8.46. The summed E-state index contributed by atoms with van der Waals surface area (Å²) >= 11 is 0. The Kier molecular flexibility index (Phi) is 6.32. The van der Waals surface area contributed by atoms with Crippen molar-refractivity contribution in [2.24, 2.45) is 0 Å². The number of imide groups is 1. The number of piperidine rings is 1. The van der Waals surface area contributed by atoms with E-state index in [1.54, 1.807) is 18.9 Å². The molecule has 0 bridgehead atoms. The van der Waals surface area contributed by atoms with Crippen molar-refractivity contribution in [3.63, 3.8) is 0 Å². The maximum Gasteiger partial charge on any atom is 0.249 e.